The maximum atomic E-state index is 15.9. The zero-order valence-corrected chi connectivity index (χ0v) is 29.4. The van der Waals surface area contributed by atoms with Crippen LogP contribution in [0.3, 0.4) is 0 Å². The molecule has 2 N–H and O–H groups in total. The Morgan fingerprint density at radius 3 is 2.49 bits per heavy atom. The highest BCUT2D eigenvalue weighted by molar-refractivity contribution is 14.1. The first-order chi connectivity index (χ1) is 20.0. The second kappa shape index (κ2) is 11.7. The molecule has 13 heteroatoms. The third-order valence-corrected chi connectivity index (χ3v) is 10.6. The van der Waals surface area contributed by atoms with Crippen LogP contribution in [0, 0.1) is 15.3 Å². The summed E-state index contributed by atoms with van der Waals surface area (Å²) in [4.78, 5) is 37.2. The number of likely N-dealkylation sites (tertiary alicyclic amines) is 1. The van der Waals surface area contributed by atoms with Gasteiger partial charge in [0.05, 0.1) is 22.2 Å². The van der Waals surface area contributed by atoms with Crippen LogP contribution < -0.4 is 15.4 Å². The summed E-state index contributed by atoms with van der Waals surface area (Å²) in [6.07, 6.45) is 1.64. The molecule has 43 heavy (non-hydrogen) atoms. The van der Waals surface area contributed by atoms with Gasteiger partial charge in [-0.15, -0.1) is 0 Å². The topological polar surface area (TPSA) is 110 Å². The van der Waals surface area contributed by atoms with Crippen molar-refractivity contribution < 1.29 is 28.2 Å². The molecule has 2 aromatic rings. The number of hydrogen-bond donors (Lipinski definition) is 1. The molecule has 4 unspecified atom stereocenters. The number of benzene rings is 1. The summed E-state index contributed by atoms with van der Waals surface area (Å²) in [5.74, 6) is -0.579. The van der Waals surface area contributed by atoms with Gasteiger partial charge in [-0.1, -0.05) is 0 Å². The Labute approximate surface area is 274 Å². The van der Waals surface area contributed by atoms with Gasteiger partial charge < -0.3 is 29.7 Å². The minimum Gasteiger partial charge on any atom is -0.474 e. The monoisotopic (exact) mass is 775 g/mol. The Kier molecular flexibility index (Phi) is 8.75. The van der Waals surface area contributed by atoms with E-state index in [0.717, 1.165) is 19.4 Å². The predicted molar refractivity (Wildman–Crippen MR) is 175 cm³/mol. The number of anilines is 2. The summed E-state index contributed by atoms with van der Waals surface area (Å²) in [5, 5.41) is 0.355. The minimum atomic E-state index is -0.824. The zero-order valence-electron chi connectivity index (χ0n) is 25.7. The average Bonchev–Trinajstić information content (AvgIpc) is 3.59. The Morgan fingerprint density at radius 2 is 1.88 bits per heavy atom. The molecule has 10 nitrogen and oxygen atoms in total. The molecule has 2 amide bonds. The lowest BCUT2D eigenvalue weighted by Gasteiger charge is -2.44. The van der Waals surface area contributed by atoms with E-state index in [1.54, 1.807) is 31.7 Å². The maximum absolute atomic E-state index is 15.9. The lowest BCUT2D eigenvalue weighted by Crippen LogP contribution is -2.58. The molecule has 236 valence electrons. The molecule has 4 atom stereocenters. The molecule has 3 aliphatic heterocycles. The Bertz CT molecular complexity index is 1450. The molecule has 0 spiro atoms. The number of ether oxygens (including phenoxy) is 3. The number of carbonyl (C=O) groups is 2. The van der Waals surface area contributed by atoms with Gasteiger partial charge in [0.1, 0.15) is 29.0 Å². The molecule has 1 aromatic carbocycles. The highest BCUT2D eigenvalue weighted by Gasteiger charge is 2.59. The first-order valence-electron chi connectivity index (χ1n) is 14.6. The number of nitrogen functional groups attached to an aromatic ring is 1. The quantitative estimate of drug-likeness (QED) is 0.269. The van der Waals surface area contributed by atoms with Crippen LogP contribution in [0.1, 0.15) is 60.8 Å². The van der Waals surface area contributed by atoms with Gasteiger partial charge in [0.2, 0.25) is 5.88 Å². The largest absolute Gasteiger partial charge is 0.474 e. The van der Waals surface area contributed by atoms with E-state index in [1.165, 1.54) is 4.90 Å². The molecule has 1 aromatic heterocycles. The van der Waals surface area contributed by atoms with Crippen molar-refractivity contribution in [2.45, 2.75) is 90.1 Å². The predicted octanol–water partition coefficient (Wildman–Crippen LogP) is 6.55. The van der Waals surface area contributed by atoms with Crippen molar-refractivity contribution in [1.29, 1.82) is 0 Å². The molecular weight excluding hydrogens is 736 g/mol. The van der Waals surface area contributed by atoms with Crippen molar-refractivity contribution in [3.8, 4) is 5.88 Å². The average molecular weight is 776 g/mol. The van der Waals surface area contributed by atoms with Gasteiger partial charge in [-0.3, -0.25) is 4.90 Å². The first-order valence-corrected chi connectivity index (χ1v) is 16.5. The van der Waals surface area contributed by atoms with Crippen LogP contribution >= 0.6 is 38.5 Å². The molecule has 6 rings (SSSR count). The minimum absolute atomic E-state index is 0.0236. The number of fused-ring (bicyclic) bond motifs is 2. The van der Waals surface area contributed by atoms with Crippen molar-refractivity contribution in [1.82, 2.24) is 14.8 Å². The van der Waals surface area contributed by atoms with E-state index in [0.29, 0.717) is 28.5 Å². The molecular formula is C30H40BrFIN5O5. The molecule has 3 saturated heterocycles. The van der Waals surface area contributed by atoms with Crippen LogP contribution in [0.4, 0.5) is 25.4 Å². The van der Waals surface area contributed by atoms with Gasteiger partial charge in [-0.2, -0.15) is 0 Å². The van der Waals surface area contributed by atoms with Crippen molar-refractivity contribution in [3.63, 3.8) is 0 Å². The third-order valence-electron chi connectivity index (χ3n) is 8.18. The van der Waals surface area contributed by atoms with E-state index in [9.17, 15) is 9.59 Å². The summed E-state index contributed by atoms with van der Waals surface area (Å²) in [6.45, 7) is 12.5. The lowest BCUT2D eigenvalue weighted by atomic mass is 9.78. The van der Waals surface area contributed by atoms with Gasteiger partial charge in [-0.05, 0) is 119 Å². The highest BCUT2D eigenvalue weighted by atomic mass is 127. The number of halogens is 3. The summed E-state index contributed by atoms with van der Waals surface area (Å²) in [6, 6.07) is 1.12. The molecule has 2 bridgehead atoms. The van der Waals surface area contributed by atoms with E-state index in [4.69, 9.17) is 19.9 Å². The maximum Gasteiger partial charge on any atom is 0.415 e. The number of likely N-dealkylation sites (N-methyl/N-ethyl adjacent to an activating group) is 1. The zero-order chi connectivity index (χ0) is 31.6. The number of pyridine rings is 1. The van der Waals surface area contributed by atoms with E-state index in [-0.39, 0.29) is 45.2 Å². The number of nitrogens with two attached hydrogens (primary N) is 1. The van der Waals surface area contributed by atoms with Crippen molar-refractivity contribution >= 4 is 73.0 Å². The van der Waals surface area contributed by atoms with Gasteiger partial charge >= 0.3 is 12.2 Å². The number of aromatic nitrogens is 1. The Morgan fingerprint density at radius 1 is 1.21 bits per heavy atom. The van der Waals surface area contributed by atoms with Gasteiger partial charge in [0, 0.05) is 27.5 Å². The normalized spacial score (nSPS) is 23.8. The Balaban J connectivity index is 1.64. The molecule has 1 saturated carbocycles. The van der Waals surface area contributed by atoms with E-state index >= 15 is 4.39 Å². The van der Waals surface area contributed by atoms with Crippen LogP contribution in [0.5, 0.6) is 5.88 Å². The summed E-state index contributed by atoms with van der Waals surface area (Å²) in [7, 11) is 2.04. The number of nitrogens with zero attached hydrogens (tertiary/aromatic N) is 4. The van der Waals surface area contributed by atoms with Crippen LogP contribution in [-0.4, -0.2) is 83.0 Å². The summed E-state index contributed by atoms with van der Waals surface area (Å²) >= 11 is 5.37. The summed E-state index contributed by atoms with van der Waals surface area (Å²) < 4.78 is 34.5. The number of amides is 2. The standard InChI is InChI=1S/C30H40BrFIN5O5/c1-29(2,3)42-27(39)37-13-15-11-19(37)24(15)38(28(40)43-30(4,5)6)25-17-12-18(33)20(31)21(32)23(17)35-26(22(25)34)41-14-16-9-8-10-36(16)7/h12,15-16,19,24H,8-11,13-14,34H2,1-7H3. The van der Waals surface area contributed by atoms with Crippen molar-refractivity contribution in [2.24, 2.45) is 5.92 Å². The van der Waals surface area contributed by atoms with Crippen LogP contribution in [0.15, 0.2) is 10.5 Å². The van der Waals surface area contributed by atoms with Gasteiger partial charge in [0.15, 0.2) is 5.82 Å². The fourth-order valence-corrected chi connectivity index (χ4v) is 7.04. The van der Waals surface area contributed by atoms with Crippen LogP contribution in [0.2, 0.25) is 0 Å². The molecule has 4 fully saturated rings. The fraction of sp³-hybridized carbons (Fsp3) is 0.633. The van der Waals surface area contributed by atoms with E-state index in [2.05, 4.69) is 25.8 Å². The van der Waals surface area contributed by atoms with Gasteiger partial charge in [-0.25, -0.2) is 19.0 Å². The van der Waals surface area contributed by atoms with Crippen molar-refractivity contribution in [3.05, 3.63) is 19.9 Å². The second-order valence-corrected chi connectivity index (χ2v) is 15.6. The second-order valence-electron chi connectivity index (χ2n) is 13.7. The molecule has 0 radical (unpaired) electrons. The third kappa shape index (κ3) is 6.35. The smallest absolute Gasteiger partial charge is 0.415 e. The molecule has 4 heterocycles. The Hall–Kier alpha value is -2.13. The van der Waals surface area contributed by atoms with Crippen LogP contribution in [-0.2, 0) is 9.47 Å². The number of rotatable bonds is 5. The summed E-state index contributed by atoms with van der Waals surface area (Å²) in [5.41, 5.74) is 5.74. The molecule has 4 aliphatic rings. The molecule has 1 aliphatic carbocycles. The number of hydrogen-bond acceptors (Lipinski definition) is 8. The lowest BCUT2D eigenvalue weighted by molar-refractivity contribution is 0.0217. The fourth-order valence-electron chi connectivity index (χ4n) is 6.19. The highest BCUT2D eigenvalue weighted by Crippen LogP contribution is 2.50. The number of carbonyl (C=O) groups excluding carboxylic acids is 2. The SMILES string of the molecule is CN1CCCC1COc1nc2c(F)c(Br)c(I)cc2c(N(C(=O)OC(C)(C)C)C2C3CC2N(C(=O)OC(C)(C)C)C3)c1N. The first kappa shape index (κ1) is 32.3. The van der Waals surface area contributed by atoms with E-state index in [1.807, 2.05) is 50.4 Å². The van der Waals surface area contributed by atoms with Crippen LogP contribution in [0.25, 0.3) is 10.9 Å². The van der Waals surface area contributed by atoms with Gasteiger partial charge in [0.25, 0.3) is 0 Å². The van der Waals surface area contributed by atoms with E-state index < -0.39 is 35.2 Å². The van der Waals surface area contributed by atoms with Crippen molar-refractivity contribution in [2.75, 3.05) is 37.4 Å².